The molecule has 2 aromatic rings. The van der Waals surface area contributed by atoms with E-state index in [4.69, 9.17) is 4.63 Å². The van der Waals surface area contributed by atoms with Crippen molar-refractivity contribution in [1.82, 2.24) is 15.6 Å². The van der Waals surface area contributed by atoms with E-state index >= 15 is 0 Å². The number of aliphatic carboxylic acids is 2. The van der Waals surface area contributed by atoms with E-state index in [-0.39, 0.29) is 45.7 Å². The largest absolute Gasteiger partial charge is 0.481 e. The van der Waals surface area contributed by atoms with E-state index in [1.54, 1.807) is 0 Å². The Hall–Kier alpha value is -3.77. The number of amides is 1. The van der Waals surface area contributed by atoms with Crippen molar-refractivity contribution in [2.75, 3.05) is 5.32 Å². The number of non-ortho nitro benzene ring substituents is 1. The Labute approximate surface area is 273 Å². The number of carbonyl (C=O) groups is 3. The summed E-state index contributed by atoms with van der Waals surface area (Å²) in [5.74, 6) is 1.20. The van der Waals surface area contributed by atoms with Gasteiger partial charge in [0.05, 0.1) is 17.0 Å². The summed E-state index contributed by atoms with van der Waals surface area (Å²) in [5.41, 5.74) is 0.377. The lowest BCUT2D eigenvalue weighted by atomic mass is 9.44. The van der Waals surface area contributed by atoms with Crippen molar-refractivity contribution in [2.24, 2.45) is 46.3 Å². The summed E-state index contributed by atoms with van der Waals surface area (Å²) in [5, 5.41) is 43.7. The van der Waals surface area contributed by atoms with Gasteiger partial charge in [-0.1, -0.05) is 20.8 Å². The van der Waals surface area contributed by atoms with Crippen molar-refractivity contribution < 1.29 is 34.1 Å². The molecule has 4 fully saturated rings. The van der Waals surface area contributed by atoms with Gasteiger partial charge in [0.2, 0.25) is 11.4 Å². The third-order valence-corrected chi connectivity index (χ3v) is 13.2. The van der Waals surface area contributed by atoms with Gasteiger partial charge >= 0.3 is 17.6 Å². The molecule has 256 valence electrons. The lowest BCUT2D eigenvalue weighted by Gasteiger charge is -2.61. The number of carbonyl (C=O) groups excluding carboxylic acids is 1. The average Bonchev–Trinajstić information content (AvgIpc) is 3.64. The number of nitrogens with zero attached hydrogens (tertiary/aromatic N) is 3. The maximum Gasteiger partial charge on any atom is 0.305 e. The summed E-state index contributed by atoms with van der Waals surface area (Å²) < 4.78 is 4.72. The Balaban J connectivity index is 1.11. The predicted molar refractivity (Wildman–Crippen MR) is 171 cm³/mol. The van der Waals surface area contributed by atoms with Crippen LogP contribution >= 0.6 is 0 Å². The third-order valence-electron chi connectivity index (χ3n) is 13.2. The molecule has 0 radical (unpaired) electrons. The first-order valence-electron chi connectivity index (χ1n) is 17.2. The Morgan fingerprint density at radius 3 is 2.45 bits per heavy atom. The van der Waals surface area contributed by atoms with Crippen LogP contribution in [-0.4, -0.2) is 55.4 Å². The number of nitro benzene ring substituents is 1. The number of hydrogen-bond donors (Lipinski definition) is 4. The SMILES string of the molecule is C[C@H](CCC(=O)O)C1CCC2C3CC[C@@H]4C[C@H](NC(=O)[C@H](CC(=O)O)Nc5ccc([N+](=O)[O-])c6nonc56)CC[C@]4(C)C3CC[C@@]21C. The molecule has 4 saturated carbocycles. The first-order chi connectivity index (χ1) is 22.3. The molecule has 4 unspecified atom stereocenters. The fraction of sp³-hybridized carbons (Fsp3) is 0.735. The lowest BCUT2D eigenvalue weighted by Crippen LogP contribution is -2.56. The summed E-state index contributed by atoms with van der Waals surface area (Å²) in [4.78, 5) is 47.3. The van der Waals surface area contributed by atoms with E-state index in [9.17, 15) is 34.7 Å². The van der Waals surface area contributed by atoms with Crippen LogP contribution in [-0.2, 0) is 14.4 Å². The zero-order valence-corrected chi connectivity index (χ0v) is 27.4. The number of rotatable bonds is 11. The van der Waals surface area contributed by atoms with Gasteiger partial charge in [-0.2, -0.15) is 0 Å². The molecule has 0 bridgehead atoms. The molecule has 1 aromatic carbocycles. The van der Waals surface area contributed by atoms with Crippen LogP contribution in [0.25, 0.3) is 11.0 Å². The highest BCUT2D eigenvalue weighted by Crippen LogP contribution is 2.68. The Morgan fingerprint density at radius 1 is 1.00 bits per heavy atom. The highest BCUT2D eigenvalue weighted by atomic mass is 16.6. The first-order valence-corrected chi connectivity index (χ1v) is 17.2. The third kappa shape index (κ3) is 6.06. The standard InChI is InChI=1S/C34H47N5O8/c1-18(4-11-28(40)41)22-7-8-23-21-6-5-19-16-20(12-14-33(19,2)24(21)13-15-34(22,23)3)35-32(44)26(17-29(42)43)36-25-9-10-27(39(45)46)31-30(25)37-47-38-31/h9-10,18-24,26,36H,4-8,11-17H2,1-3H3,(H,35,44)(H,40,41)(H,42,43)/t18-,19-,20-,21?,22?,23?,24?,26+,33+,34-/m1/s1. The van der Waals surface area contributed by atoms with Crippen LogP contribution in [0.3, 0.4) is 0 Å². The molecule has 6 rings (SSSR count). The fourth-order valence-electron chi connectivity index (χ4n) is 10.9. The number of nitrogens with one attached hydrogen (secondary N) is 2. The van der Waals surface area contributed by atoms with Gasteiger partial charge in [0.15, 0.2) is 5.52 Å². The molecule has 0 aliphatic heterocycles. The number of benzene rings is 1. The van der Waals surface area contributed by atoms with Crippen molar-refractivity contribution in [1.29, 1.82) is 0 Å². The zero-order chi connectivity index (χ0) is 33.7. The molecule has 4 aliphatic carbocycles. The molecular formula is C34H47N5O8. The predicted octanol–water partition coefficient (Wildman–Crippen LogP) is 6.03. The van der Waals surface area contributed by atoms with Gasteiger partial charge in [0.25, 0.3) is 0 Å². The van der Waals surface area contributed by atoms with Gasteiger partial charge in [-0.3, -0.25) is 24.5 Å². The summed E-state index contributed by atoms with van der Waals surface area (Å²) in [6.45, 7) is 7.22. The Morgan fingerprint density at radius 2 is 1.72 bits per heavy atom. The van der Waals surface area contributed by atoms with Crippen molar-refractivity contribution in [2.45, 2.75) is 110 Å². The number of carboxylic acid groups (broad SMARTS) is 2. The molecule has 1 amide bonds. The van der Waals surface area contributed by atoms with Crippen molar-refractivity contribution >= 4 is 40.3 Å². The minimum absolute atomic E-state index is 0.0551. The number of fused-ring (bicyclic) bond motifs is 6. The second-order valence-corrected chi connectivity index (χ2v) is 15.4. The molecule has 4 N–H and O–H groups in total. The molecule has 13 nitrogen and oxygen atoms in total. The monoisotopic (exact) mass is 653 g/mol. The maximum atomic E-state index is 13.6. The summed E-state index contributed by atoms with van der Waals surface area (Å²) in [6, 6.07) is 1.42. The van der Waals surface area contributed by atoms with Crippen LogP contribution in [0.15, 0.2) is 16.8 Å². The topological polar surface area (TPSA) is 198 Å². The smallest absolute Gasteiger partial charge is 0.305 e. The van der Waals surface area contributed by atoms with Gasteiger partial charge < -0.3 is 20.8 Å². The molecule has 4 aliphatic rings. The summed E-state index contributed by atoms with van der Waals surface area (Å²) in [7, 11) is 0. The lowest BCUT2D eigenvalue weighted by molar-refractivity contribution is -0.383. The quantitative estimate of drug-likeness (QED) is 0.163. The summed E-state index contributed by atoms with van der Waals surface area (Å²) >= 11 is 0. The molecule has 0 saturated heterocycles. The Bertz CT molecular complexity index is 1550. The van der Waals surface area contributed by atoms with E-state index < -0.39 is 35.2 Å². The van der Waals surface area contributed by atoms with Crippen molar-refractivity contribution in [3.63, 3.8) is 0 Å². The number of nitro groups is 1. The van der Waals surface area contributed by atoms with Gasteiger partial charge in [-0.05, 0) is 127 Å². The molecule has 10 atom stereocenters. The van der Waals surface area contributed by atoms with E-state index in [0.29, 0.717) is 35.5 Å². The van der Waals surface area contributed by atoms with Crippen LogP contribution in [0.5, 0.6) is 0 Å². The minimum Gasteiger partial charge on any atom is -0.481 e. The first kappa shape index (κ1) is 33.1. The number of aromatic nitrogens is 2. The van der Waals surface area contributed by atoms with E-state index in [2.05, 4.69) is 41.7 Å². The van der Waals surface area contributed by atoms with E-state index in [1.807, 2.05) is 0 Å². The minimum atomic E-state index is -1.15. The average molecular weight is 654 g/mol. The van der Waals surface area contributed by atoms with Crippen molar-refractivity contribution in [3.8, 4) is 0 Å². The normalized spacial score (nSPS) is 34.4. The molecule has 1 heterocycles. The number of carboxylic acids is 2. The van der Waals surface area contributed by atoms with Gasteiger partial charge in [-0.15, -0.1) is 0 Å². The van der Waals surface area contributed by atoms with Gasteiger partial charge in [0, 0.05) is 18.5 Å². The van der Waals surface area contributed by atoms with E-state index in [1.165, 1.54) is 44.2 Å². The van der Waals surface area contributed by atoms with Crippen LogP contribution < -0.4 is 10.6 Å². The summed E-state index contributed by atoms with van der Waals surface area (Å²) in [6.07, 6.45) is 10.4. The Kier molecular flexibility index (Phi) is 8.94. The van der Waals surface area contributed by atoms with E-state index in [0.717, 1.165) is 32.1 Å². The van der Waals surface area contributed by atoms with Crippen LogP contribution in [0.1, 0.15) is 97.8 Å². The molecular weight excluding hydrogens is 606 g/mol. The van der Waals surface area contributed by atoms with Crippen molar-refractivity contribution in [3.05, 3.63) is 22.2 Å². The van der Waals surface area contributed by atoms with Crippen LogP contribution in [0.2, 0.25) is 0 Å². The van der Waals surface area contributed by atoms with Crippen LogP contribution in [0.4, 0.5) is 11.4 Å². The number of anilines is 1. The van der Waals surface area contributed by atoms with Gasteiger partial charge in [0.1, 0.15) is 6.04 Å². The maximum absolute atomic E-state index is 13.6. The fourth-order valence-corrected chi connectivity index (χ4v) is 10.9. The van der Waals surface area contributed by atoms with Gasteiger partial charge in [-0.25, -0.2) is 4.63 Å². The molecule has 1 aromatic heterocycles. The number of hydrogen-bond acceptors (Lipinski definition) is 9. The second kappa shape index (κ2) is 12.7. The molecule has 0 spiro atoms. The highest BCUT2D eigenvalue weighted by molar-refractivity contribution is 5.96. The van der Waals surface area contributed by atoms with Crippen LogP contribution in [0, 0.1) is 56.5 Å². The molecule has 13 heteroatoms. The highest BCUT2D eigenvalue weighted by Gasteiger charge is 2.60. The second-order valence-electron chi connectivity index (χ2n) is 15.4. The zero-order valence-electron chi connectivity index (χ0n) is 27.4. The molecule has 47 heavy (non-hydrogen) atoms.